The minimum atomic E-state index is -0.629. The summed E-state index contributed by atoms with van der Waals surface area (Å²) in [4.78, 5) is 25.0. The van der Waals surface area contributed by atoms with Crippen LogP contribution in [-0.4, -0.2) is 16.3 Å². The summed E-state index contributed by atoms with van der Waals surface area (Å²) in [6.45, 7) is 0. The van der Waals surface area contributed by atoms with Crippen LogP contribution < -0.4 is 9.47 Å². The zero-order chi connectivity index (χ0) is 21.5. The third-order valence-electron chi connectivity index (χ3n) is 5.15. The zero-order valence-electron chi connectivity index (χ0n) is 16.5. The van der Waals surface area contributed by atoms with Gasteiger partial charge >= 0.3 is 5.97 Å². The van der Waals surface area contributed by atoms with E-state index in [-0.39, 0.29) is 22.9 Å². The summed E-state index contributed by atoms with van der Waals surface area (Å²) in [6.07, 6.45) is 3.65. The molecule has 6 heteroatoms. The molecule has 0 N–H and O–H groups in total. The van der Waals surface area contributed by atoms with Gasteiger partial charge < -0.3 is 14.0 Å². The average Bonchev–Trinajstić information content (AvgIpc) is 3.25. The van der Waals surface area contributed by atoms with Crippen LogP contribution in [0.1, 0.15) is 26.3 Å². The van der Waals surface area contributed by atoms with Gasteiger partial charge in [-0.15, -0.1) is 0 Å². The summed E-state index contributed by atoms with van der Waals surface area (Å²) in [5.74, 6) is -0.553. The number of hydrogen-bond acceptors (Lipinski definition) is 4. The van der Waals surface area contributed by atoms with Crippen LogP contribution in [0, 0.1) is 5.82 Å². The Morgan fingerprint density at radius 2 is 1.84 bits per heavy atom. The van der Waals surface area contributed by atoms with Crippen molar-refractivity contribution in [1.82, 2.24) is 4.57 Å². The molecule has 0 spiro atoms. The minimum Gasteiger partial charge on any atom is -0.452 e. The minimum absolute atomic E-state index is 0.202. The maximum absolute atomic E-state index is 13.0. The number of carbonyl (C=O) groups is 2. The van der Waals surface area contributed by atoms with Crippen molar-refractivity contribution in [3.05, 3.63) is 101 Å². The molecule has 0 unspecified atom stereocenters. The monoisotopic (exact) mass is 413 g/mol. The fraction of sp³-hybridized carbons (Fsp3) is 0.0400. The highest BCUT2D eigenvalue weighted by molar-refractivity contribution is 6.15. The summed E-state index contributed by atoms with van der Waals surface area (Å²) < 4.78 is 26.2. The number of ether oxygens (including phenoxy) is 2. The number of allylic oxidation sites excluding steroid dienone is 1. The molecule has 1 aliphatic rings. The molecule has 1 aliphatic heterocycles. The number of aromatic nitrogens is 1. The number of benzene rings is 3. The van der Waals surface area contributed by atoms with Crippen LogP contribution in [0.2, 0.25) is 0 Å². The number of nitrogens with zero attached hydrogens (tertiary/aromatic N) is 1. The maximum Gasteiger partial charge on any atom is 0.343 e. The largest absolute Gasteiger partial charge is 0.452 e. The topological polar surface area (TPSA) is 57.5 Å². The van der Waals surface area contributed by atoms with Gasteiger partial charge in [0.15, 0.2) is 5.76 Å². The first-order valence-corrected chi connectivity index (χ1v) is 9.60. The Morgan fingerprint density at radius 3 is 2.65 bits per heavy atom. The van der Waals surface area contributed by atoms with Gasteiger partial charge in [-0.05, 0) is 48.5 Å². The molecular weight excluding hydrogens is 397 g/mol. The second kappa shape index (κ2) is 7.25. The molecule has 3 aromatic carbocycles. The maximum atomic E-state index is 13.0. The lowest BCUT2D eigenvalue weighted by Gasteiger charge is -2.05. The number of rotatable bonds is 3. The Labute approximate surface area is 176 Å². The third kappa shape index (κ3) is 3.38. The molecule has 0 saturated heterocycles. The van der Waals surface area contributed by atoms with Crippen molar-refractivity contribution in [1.29, 1.82) is 0 Å². The number of esters is 1. The molecule has 5 rings (SSSR count). The number of halogens is 1. The molecule has 0 aliphatic carbocycles. The molecule has 1 aromatic heterocycles. The molecule has 4 aromatic rings. The first-order valence-electron chi connectivity index (χ1n) is 9.60. The van der Waals surface area contributed by atoms with Crippen LogP contribution in [0.3, 0.4) is 0 Å². The molecule has 0 saturated carbocycles. The lowest BCUT2D eigenvalue weighted by Crippen LogP contribution is -2.08. The summed E-state index contributed by atoms with van der Waals surface area (Å²) in [6, 6.07) is 17.5. The summed E-state index contributed by atoms with van der Waals surface area (Å²) >= 11 is 0. The Bertz CT molecular complexity index is 1380. The van der Waals surface area contributed by atoms with Crippen molar-refractivity contribution < 1.29 is 23.5 Å². The van der Waals surface area contributed by atoms with E-state index in [4.69, 9.17) is 9.47 Å². The third-order valence-corrected chi connectivity index (χ3v) is 5.15. The molecular formula is C25H16FNO4. The van der Waals surface area contributed by atoms with Crippen molar-refractivity contribution in [2.24, 2.45) is 7.05 Å². The molecule has 0 radical (unpaired) electrons. The van der Waals surface area contributed by atoms with E-state index in [1.807, 2.05) is 42.1 Å². The lowest BCUT2D eigenvalue weighted by atomic mass is 10.1. The first kappa shape index (κ1) is 18.8. The second-order valence-corrected chi connectivity index (χ2v) is 7.21. The van der Waals surface area contributed by atoms with Crippen LogP contribution in [0.25, 0.3) is 17.0 Å². The average molecular weight is 413 g/mol. The first-order chi connectivity index (χ1) is 15.0. The molecule has 0 atom stereocenters. The number of para-hydroxylation sites is 1. The number of fused-ring (bicyclic) bond motifs is 2. The van der Waals surface area contributed by atoms with Gasteiger partial charge in [-0.3, -0.25) is 4.79 Å². The smallest absolute Gasteiger partial charge is 0.343 e. The molecule has 5 nitrogen and oxygen atoms in total. The van der Waals surface area contributed by atoms with E-state index in [1.54, 1.807) is 12.1 Å². The molecule has 2 heterocycles. The highest BCUT2D eigenvalue weighted by Gasteiger charge is 2.28. The molecule has 0 fully saturated rings. The van der Waals surface area contributed by atoms with E-state index in [2.05, 4.69) is 0 Å². The van der Waals surface area contributed by atoms with E-state index in [0.717, 1.165) is 16.5 Å². The van der Waals surface area contributed by atoms with Gasteiger partial charge in [-0.1, -0.05) is 18.2 Å². The van der Waals surface area contributed by atoms with Gasteiger partial charge in [0.2, 0.25) is 5.78 Å². The zero-order valence-corrected chi connectivity index (χ0v) is 16.5. The molecule has 152 valence electrons. The van der Waals surface area contributed by atoms with Gasteiger partial charge in [0.05, 0.1) is 11.1 Å². The molecule has 31 heavy (non-hydrogen) atoms. The van der Waals surface area contributed by atoms with Gasteiger partial charge in [-0.25, -0.2) is 9.18 Å². The number of hydrogen-bond donors (Lipinski definition) is 0. The second-order valence-electron chi connectivity index (χ2n) is 7.21. The standard InChI is InChI=1S/C25H16FNO4/c1-27-14-16(19-4-2-3-5-21(19)27)12-23-24(28)20-11-10-18(13-22(20)31-23)30-25(29)15-6-8-17(26)9-7-15/h2-14H,1H3/b23-12+. The van der Waals surface area contributed by atoms with Gasteiger partial charge in [0.1, 0.15) is 17.3 Å². The Morgan fingerprint density at radius 1 is 1.06 bits per heavy atom. The normalized spacial score (nSPS) is 14.0. The predicted octanol–water partition coefficient (Wildman–Crippen LogP) is 5.15. The number of ketones is 1. The van der Waals surface area contributed by atoms with Crippen molar-refractivity contribution in [3.8, 4) is 11.5 Å². The van der Waals surface area contributed by atoms with E-state index in [0.29, 0.717) is 11.3 Å². The van der Waals surface area contributed by atoms with E-state index < -0.39 is 11.8 Å². The van der Waals surface area contributed by atoms with Crippen LogP contribution in [0.5, 0.6) is 11.5 Å². The van der Waals surface area contributed by atoms with Gasteiger partial charge in [0, 0.05) is 35.8 Å². The van der Waals surface area contributed by atoms with Crippen molar-refractivity contribution >= 4 is 28.7 Å². The number of Topliss-reactive ketones (excluding diaryl/α,β-unsaturated/α-hetero) is 1. The fourth-order valence-electron chi connectivity index (χ4n) is 3.61. The summed E-state index contributed by atoms with van der Waals surface area (Å²) in [7, 11) is 1.94. The van der Waals surface area contributed by atoms with Crippen LogP contribution >= 0.6 is 0 Å². The van der Waals surface area contributed by atoms with Crippen molar-refractivity contribution in [2.75, 3.05) is 0 Å². The van der Waals surface area contributed by atoms with Crippen LogP contribution in [0.4, 0.5) is 4.39 Å². The number of aryl methyl sites for hydroxylation is 1. The highest BCUT2D eigenvalue weighted by atomic mass is 19.1. The quantitative estimate of drug-likeness (QED) is 0.265. The van der Waals surface area contributed by atoms with Crippen LogP contribution in [-0.2, 0) is 7.05 Å². The van der Waals surface area contributed by atoms with Crippen LogP contribution in [0.15, 0.2) is 78.7 Å². The van der Waals surface area contributed by atoms with E-state index in [1.165, 1.54) is 36.4 Å². The van der Waals surface area contributed by atoms with E-state index >= 15 is 0 Å². The lowest BCUT2D eigenvalue weighted by molar-refractivity contribution is 0.0734. The Balaban J connectivity index is 1.41. The number of carbonyl (C=O) groups excluding carboxylic acids is 2. The van der Waals surface area contributed by atoms with Crippen molar-refractivity contribution in [2.45, 2.75) is 0 Å². The molecule has 0 bridgehead atoms. The van der Waals surface area contributed by atoms with E-state index in [9.17, 15) is 14.0 Å². The van der Waals surface area contributed by atoms with Gasteiger partial charge in [-0.2, -0.15) is 0 Å². The predicted molar refractivity (Wildman–Crippen MR) is 114 cm³/mol. The SMILES string of the molecule is Cn1cc(/C=C2/Oc3cc(OC(=O)c4ccc(F)cc4)ccc3C2=O)c2ccccc21. The van der Waals surface area contributed by atoms with Crippen molar-refractivity contribution in [3.63, 3.8) is 0 Å². The summed E-state index contributed by atoms with van der Waals surface area (Å²) in [5, 5.41) is 1.01. The fourth-order valence-corrected chi connectivity index (χ4v) is 3.61. The Kier molecular flexibility index (Phi) is 4.40. The molecule has 0 amide bonds. The summed E-state index contributed by atoms with van der Waals surface area (Å²) in [5.41, 5.74) is 2.54. The highest BCUT2D eigenvalue weighted by Crippen LogP contribution is 2.36. The Hall–Kier alpha value is -4.19. The van der Waals surface area contributed by atoms with Gasteiger partial charge in [0.25, 0.3) is 0 Å².